The third-order valence-corrected chi connectivity index (χ3v) is 5.04. The summed E-state index contributed by atoms with van der Waals surface area (Å²) in [5.74, 6) is -2.38. The molecular weight excluding hydrogens is 407 g/mol. The second-order valence-electron chi connectivity index (χ2n) is 7.18. The van der Waals surface area contributed by atoms with Gasteiger partial charge in [0, 0.05) is 23.7 Å². The van der Waals surface area contributed by atoms with E-state index >= 15 is 0 Å². The molecule has 2 atom stereocenters. The first-order valence-corrected chi connectivity index (χ1v) is 9.15. The van der Waals surface area contributed by atoms with Gasteiger partial charge in [0.25, 0.3) is 0 Å². The predicted molar refractivity (Wildman–Crippen MR) is 100 cm³/mol. The van der Waals surface area contributed by atoms with Crippen molar-refractivity contribution in [1.82, 2.24) is 15.8 Å². The van der Waals surface area contributed by atoms with Crippen LogP contribution < -0.4 is 16.2 Å². The number of hydrogen-bond donors (Lipinski definition) is 4. The molecule has 2 aromatic carbocycles. The Morgan fingerprint density at radius 2 is 1.77 bits per heavy atom. The van der Waals surface area contributed by atoms with E-state index in [0.717, 1.165) is 24.3 Å². The van der Waals surface area contributed by atoms with E-state index in [1.807, 2.05) is 0 Å². The number of fused-ring (bicyclic) bond motifs is 1. The number of carbonyl (C=O) groups is 1. The second kappa shape index (κ2) is 7.69. The van der Waals surface area contributed by atoms with Gasteiger partial charge in [-0.05, 0) is 36.6 Å². The molecule has 2 heterocycles. The average molecular weight is 424 g/mol. The van der Waals surface area contributed by atoms with Crippen molar-refractivity contribution >= 4 is 22.5 Å². The number of nitrogens with one attached hydrogen (secondary N) is 4. The molecule has 0 radical (unpaired) electrons. The Labute approximate surface area is 167 Å². The lowest BCUT2D eigenvalue weighted by Crippen LogP contribution is -2.40. The molecule has 1 aromatic heterocycles. The molecular formula is C20H17F5N4O. The van der Waals surface area contributed by atoms with Crippen LogP contribution >= 0.6 is 0 Å². The van der Waals surface area contributed by atoms with Crippen molar-refractivity contribution in [2.45, 2.75) is 31.1 Å². The number of halogens is 5. The first kappa shape index (κ1) is 20.3. The van der Waals surface area contributed by atoms with Gasteiger partial charge in [0.2, 0.25) is 5.91 Å². The van der Waals surface area contributed by atoms with E-state index < -0.39 is 29.4 Å². The lowest BCUT2D eigenvalue weighted by molar-refractivity contribution is -0.137. The highest BCUT2D eigenvalue weighted by Gasteiger charge is 2.31. The Morgan fingerprint density at radius 1 is 1.07 bits per heavy atom. The fourth-order valence-corrected chi connectivity index (χ4v) is 3.48. The van der Waals surface area contributed by atoms with E-state index in [9.17, 15) is 26.7 Å². The van der Waals surface area contributed by atoms with Gasteiger partial charge in [0.15, 0.2) is 11.6 Å². The molecule has 1 fully saturated rings. The molecule has 1 saturated heterocycles. The number of H-pyrrole nitrogens is 1. The van der Waals surface area contributed by atoms with Crippen molar-refractivity contribution in [2.75, 3.05) is 5.32 Å². The van der Waals surface area contributed by atoms with Gasteiger partial charge in [0.1, 0.15) is 6.04 Å². The fourth-order valence-electron chi connectivity index (χ4n) is 3.48. The van der Waals surface area contributed by atoms with E-state index in [2.05, 4.69) is 21.2 Å². The first-order chi connectivity index (χ1) is 14.2. The third kappa shape index (κ3) is 4.14. The molecule has 2 unspecified atom stereocenters. The maximum Gasteiger partial charge on any atom is 0.416 e. The standard InChI is InChI=1S/C20H17F5N4O/c21-14-7-13-16(8-15(14)22)26-9-18(13)27-19(30)17-6-12(28-29-17)5-10-1-3-11(4-2-10)20(23,24)25/h1-4,7-9,12,17,26,28-29H,5-6H2,(H,27,30). The minimum atomic E-state index is -4.38. The van der Waals surface area contributed by atoms with Crippen LogP contribution in [0.15, 0.2) is 42.6 Å². The Kier molecular flexibility index (Phi) is 5.20. The van der Waals surface area contributed by atoms with E-state index in [-0.39, 0.29) is 11.9 Å². The predicted octanol–water partition coefficient (Wildman–Crippen LogP) is 3.88. The van der Waals surface area contributed by atoms with Crippen LogP contribution in [0.3, 0.4) is 0 Å². The normalized spacial score (nSPS) is 19.4. The monoisotopic (exact) mass is 424 g/mol. The van der Waals surface area contributed by atoms with E-state index in [4.69, 9.17) is 0 Å². The largest absolute Gasteiger partial charge is 0.416 e. The summed E-state index contributed by atoms with van der Waals surface area (Å²) in [4.78, 5) is 15.3. The zero-order valence-electron chi connectivity index (χ0n) is 15.4. The maximum atomic E-state index is 13.5. The lowest BCUT2D eigenvalue weighted by atomic mass is 10.0. The molecule has 1 amide bonds. The smallest absolute Gasteiger partial charge is 0.359 e. The van der Waals surface area contributed by atoms with Crippen LogP contribution in [0.25, 0.3) is 10.9 Å². The quantitative estimate of drug-likeness (QED) is 0.481. The van der Waals surface area contributed by atoms with Gasteiger partial charge in [-0.15, -0.1) is 0 Å². The summed E-state index contributed by atoms with van der Waals surface area (Å²) in [6, 6.07) is 6.14. The van der Waals surface area contributed by atoms with Crippen molar-refractivity contribution in [3.05, 3.63) is 65.4 Å². The number of aromatic amines is 1. The van der Waals surface area contributed by atoms with Crippen molar-refractivity contribution in [3.8, 4) is 0 Å². The number of anilines is 1. The highest BCUT2D eigenvalue weighted by atomic mass is 19.4. The van der Waals surface area contributed by atoms with Crippen molar-refractivity contribution in [1.29, 1.82) is 0 Å². The minimum Gasteiger partial charge on any atom is -0.359 e. The number of hydrazine groups is 1. The van der Waals surface area contributed by atoms with E-state index in [0.29, 0.717) is 35.0 Å². The van der Waals surface area contributed by atoms with Gasteiger partial charge in [-0.2, -0.15) is 13.2 Å². The van der Waals surface area contributed by atoms with Crippen LogP contribution in [-0.4, -0.2) is 23.0 Å². The number of alkyl halides is 3. The molecule has 10 heteroatoms. The molecule has 158 valence electrons. The minimum absolute atomic E-state index is 0.160. The van der Waals surface area contributed by atoms with Gasteiger partial charge in [-0.3, -0.25) is 10.2 Å². The molecule has 4 N–H and O–H groups in total. The summed E-state index contributed by atoms with van der Waals surface area (Å²) < 4.78 is 64.8. The summed E-state index contributed by atoms with van der Waals surface area (Å²) in [6.45, 7) is 0. The molecule has 0 bridgehead atoms. The zero-order chi connectivity index (χ0) is 21.5. The highest BCUT2D eigenvalue weighted by molar-refractivity contribution is 6.03. The van der Waals surface area contributed by atoms with Gasteiger partial charge in [-0.1, -0.05) is 12.1 Å². The van der Waals surface area contributed by atoms with Crippen molar-refractivity contribution in [3.63, 3.8) is 0 Å². The van der Waals surface area contributed by atoms with Crippen LogP contribution in [0, 0.1) is 11.6 Å². The van der Waals surface area contributed by atoms with Crippen LogP contribution in [0.5, 0.6) is 0 Å². The molecule has 0 saturated carbocycles. The summed E-state index contributed by atoms with van der Waals surface area (Å²) >= 11 is 0. The molecule has 0 aliphatic carbocycles. The first-order valence-electron chi connectivity index (χ1n) is 9.15. The maximum absolute atomic E-state index is 13.5. The molecule has 5 nitrogen and oxygen atoms in total. The van der Waals surface area contributed by atoms with Crippen LogP contribution in [0.1, 0.15) is 17.5 Å². The number of benzene rings is 2. The van der Waals surface area contributed by atoms with Crippen molar-refractivity contribution < 1.29 is 26.7 Å². The topological polar surface area (TPSA) is 69.0 Å². The molecule has 4 rings (SSSR count). The van der Waals surface area contributed by atoms with Crippen LogP contribution in [0.2, 0.25) is 0 Å². The molecule has 30 heavy (non-hydrogen) atoms. The van der Waals surface area contributed by atoms with Gasteiger partial charge in [-0.25, -0.2) is 14.2 Å². The lowest BCUT2D eigenvalue weighted by Gasteiger charge is -2.11. The molecule has 0 spiro atoms. The second-order valence-corrected chi connectivity index (χ2v) is 7.18. The Bertz CT molecular complexity index is 1080. The summed E-state index contributed by atoms with van der Waals surface area (Å²) in [6.07, 6.45) is -2.10. The summed E-state index contributed by atoms with van der Waals surface area (Å²) in [5.41, 5.74) is 6.49. The number of hydrogen-bond acceptors (Lipinski definition) is 3. The van der Waals surface area contributed by atoms with E-state index in [1.54, 1.807) is 0 Å². The average Bonchev–Trinajstić information content (AvgIpc) is 3.30. The fraction of sp³-hybridized carbons (Fsp3) is 0.250. The van der Waals surface area contributed by atoms with E-state index in [1.165, 1.54) is 18.3 Å². The van der Waals surface area contributed by atoms with Gasteiger partial charge < -0.3 is 10.3 Å². The van der Waals surface area contributed by atoms with Gasteiger partial charge >= 0.3 is 6.18 Å². The Hall–Kier alpha value is -2.98. The molecule has 3 aromatic rings. The molecule has 1 aliphatic heterocycles. The number of rotatable bonds is 4. The Morgan fingerprint density at radius 3 is 2.47 bits per heavy atom. The van der Waals surface area contributed by atoms with Crippen molar-refractivity contribution in [2.24, 2.45) is 0 Å². The number of aromatic nitrogens is 1. The zero-order valence-corrected chi connectivity index (χ0v) is 15.4. The summed E-state index contributed by atoms with van der Waals surface area (Å²) in [7, 11) is 0. The van der Waals surface area contributed by atoms with Crippen LogP contribution in [0.4, 0.5) is 27.6 Å². The third-order valence-electron chi connectivity index (χ3n) is 5.04. The Balaban J connectivity index is 1.37. The number of amides is 1. The SMILES string of the molecule is O=C(Nc1c[nH]c2cc(F)c(F)cc12)C1CC(Cc2ccc(C(F)(F)F)cc2)NN1. The van der Waals surface area contributed by atoms with Crippen LogP contribution in [-0.2, 0) is 17.4 Å². The number of carbonyl (C=O) groups excluding carboxylic acids is 1. The highest BCUT2D eigenvalue weighted by Crippen LogP contribution is 2.29. The van der Waals surface area contributed by atoms with Gasteiger partial charge in [0.05, 0.1) is 16.8 Å². The summed E-state index contributed by atoms with van der Waals surface area (Å²) in [5, 5.41) is 3.02. The molecule has 1 aliphatic rings.